The summed E-state index contributed by atoms with van der Waals surface area (Å²) < 4.78 is 11.4. The normalized spacial score (nSPS) is 15.3. The Bertz CT molecular complexity index is 964. The van der Waals surface area contributed by atoms with Gasteiger partial charge in [-0.1, -0.05) is 12.1 Å². The fraction of sp³-hybridized carbons (Fsp3) is 0.333. The molecular weight excluding hydrogens is 364 g/mol. The van der Waals surface area contributed by atoms with E-state index in [9.17, 15) is 4.79 Å². The van der Waals surface area contributed by atoms with Gasteiger partial charge in [-0.15, -0.1) is 0 Å². The molecule has 0 aliphatic carbocycles. The molecule has 0 spiro atoms. The second-order valence-corrected chi connectivity index (χ2v) is 7.42. The molecule has 29 heavy (non-hydrogen) atoms. The Hall–Kier alpha value is -2.92. The van der Waals surface area contributed by atoms with Gasteiger partial charge < -0.3 is 19.2 Å². The maximum Gasteiger partial charge on any atom is 0.121 e. The van der Waals surface area contributed by atoms with Gasteiger partial charge in [-0.25, -0.2) is 0 Å². The van der Waals surface area contributed by atoms with Crippen LogP contribution in [0.1, 0.15) is 19.3 Å². The molecule has 150 valence electrons. The fourth-order valence-corrected chi connectivity index (χ4v) is 3.79. The number of rotatable bonds is 7. The molecule has 1 aromatic heterocycles. The highest BCUT2D eigenvalue weighted by molar-refractivity contribution is 5.84. The molecule has 0 atom stereocenters. The van der Waals surface area contributed by atoms with Crippen LogP contribution in [0.25, 0.3) is 22.0 Å². The first-order valence-corrected chi connectivity index (χ1v) is 10.1. The average molecular weight is 390 g/mol. The number of nitrogens with zero attached hydrogens (tertiary/aromatic N) is 2. The summed E-state index contributed by atoms with van der Waals surface area (Å²) >= 11 is 0. The third-order valence-electron chi connectivity index (χ3n) is 5.48. The lowest BCUT2D eigenvalue weighted by atomic mass is 10.0. The number of carbonyl (C=O) groups is 1. The van der Waals surface area contributed by atoms with Crippen molar-refractivity contribution < 1.29 is 14.3 Å². The molecule has 2 aromatic carbocycles. The van der Waals surface area contributed by atoms with E-state index in [1.54, 1.807) is 7.11 Å². The number of carbonyl (C=O) groups excluding carboxylic acids is 1. The highest BCUT2D eigenvalue weighted by Gasteiger charge is 2.20. The summed E-state index contributed by atoms with van der Waals surface area (Å²) in [6.45, 7) is 2.84. The number of piperidine rings is 1. The number of likely N-dealkylation sites (tertiary alicyclic amines) is 1. The summed E-state index contributed by atoms with van der Waals surface area (Å²) in [5.41, 5.74) is 3.12. The highest BCUT2D eigenvalue weighted by atomic mass is 16.5. The van der Waals surface area contributed by atoms with Gasteiger partial charge in [0.2, 0.25) is 0 Å². The maximum absolute atomic E-state index is 10.5. The number of fused-ring (bicyclic) bond motifs is 1. The molecule has 0 saturated carbocycles. The molecule has 0 N–H and O–H groups in total. The van der Waals surface area contributed by atoms with Crippen molar-refractivity contribution in [1.82, 2.24) is 9.88 Å². The lowest BCUT2D eigenvalue weighted by molar-refractivity contribution is -0.108. The van der Waals surface area contributed by atoms with Gasteiger partial charge in [0.15, 0.2) is 0 Å². The smallest absolute Gasteiger partial charge is 0.121 e. The van der Waals surface area contributed by atoms with E-state index in [1.807, 2.05) is 36.5 Å². The molecule has 1 fully saturated rings. The number of aldehydes is 1. The Kier molecular flexibility index (Phi) is 6.06. The molecule has 3 aromatic rings. The van der Waals surface area contributed by atoms with E-state index >= 15 is 0 Å². The van der Waals surface area contributed by atoms with Crippen LogP contribution in [-0.4, -0.2) is 49.0 Å². The van der Waals surface area contributed by atoms with Gasteiger partial charge in [0, 0.05) is 49.3 Å². The molecule has 4 rings (SSSR count). The summed E-state index contributed by atoms with van der Waals surface area (Å²) in [6, 6.07) is 16.3. The second-order valence-electron chi connectivity index (χ2n) is 7.42. The molecular formula is C24H26N2O3. The van der Waals surface area contributed by atoms with Crippen LogP contribution in [0, 0.1) is 0 Å². The van der Waals surface area contributed by atoms with Crippen LogP contribution >= 0.6 is 0 Å². The van der Waals surface area contributed by atoms with Crippen LogP contribution in [0.4, 0.5) is 0 Å². The Balaban J connectivity index is 1.39. The van der Waals surface area contributed by atoms with E-state index in [0.717, 1.165) is 72.3 Å². The third-order valence-corrected chi connectivity index (χ3v) is 5.48. The molecule has 1 saturated heterocycles. The van der Waals surface area contributed by atoms with Gasteiger partial charge >= 0.3 is 0 Å². The van der Waals surface area contributed by atoms with Crippen LogP contribution in [-0.2, 0) is 4.79 Å². The number of ether oxygens (including phenoxy) is 2. The Morgan fingerprint density at radius 1 is 1.03 bits per heavy atom. The first kappa shape index (κ1) is 19.4. The van der Waals surface area contributed by atoms with Crippen molar-refractivity contribution in [3.8, 4) is 22.6 Å². The van der Waals surface area contributed by atoms with Crippen molar-refractivity contribution in [2.24, 2.45) is 0 Å². The number of methoxy groups -OCH3 is 1. The SMILES string of the molecule is COc1ccc2cc(-c3ccc(OC4CCN(CCC=O)CC4)cc3)cnc2c1. The van der Waals surface area contributed by atoms with E-state index in [-0.39, 0.29) is 6.10 Å². The zero-order valence-electron chi connectivity index (χ0n) is 16.7. The van der Waals surface area contributed by atoms with Crippen molar-refractivity contribution in [3.63, 3.8) is 0 Å². The van der Waals surface area contributed by atoms with Crippen molar-refractivity contribution in [3.05, 3.63) is 54.7 Å². The van der Waals surface area contributed by atoms with Crippen LogP contribution in [0.2, 0.25) is 0 Å². The summed E-state index contributed by atoms with van der Waals surface area (Å²) in [5, 5.41) is 1.09. The Morgan fingerprint density at radius 2 is 1.79 bits per heavy atom. The quantitative estimate of drug-likeness (QED) is 0.562. The molecule has 1 aliphatic rings. The lowest BCUT2D eigenvalue weighted by Crippen LogP contribution is -2.38. The van der Waals surface area contributed by atoms with Gasteiger partial charge in [0.25, 0.3) is 0 Å². The molecule has 5 nitrogen and oxygen atoms in total. The monoisotopic (exact) mass is 390 g/mol. The standard InChI is InChI=1S/C24H26N2O3/c1-28-23-8-5-19-15-20(17-25-24(19)16-23)18-3-6-21(7-4-18)29-22-9-12-26(13-10-22)11-2-14-27/h3-8,14-17,22H,2,9-13H2,1H3. The van der Waals surface area contributed by atoms with E-state index in [2.05, 4.69) is 28.1 Å². The average Bonchev–Trinajstić information content (AvgIpc) is 2.78. The van der Waals surface area contributed by atoms with Crippen molar-refractivity contribution in [2.75, 3.05) is 26.7 Å². The van der Waals surface area contributed by atoms with E-state index in [4.69, 9.17) is 9.47 Å². The maximum atomic E-state index is 10.5. The predicted octanol–water partition coefficient (Wildman–Crippen LogP) is 4.34. The zero-order valence-corrected chi connectivity index (χ0v) is 16.7. The van der Waals surface area contributed by atoms with Gasteiger partial charge in [-0.2, -0.15) is 0 Å². The van der Waals surface area contributed by atoms with Gasteiger partial charge in [-0.05, 0) is 48.7 Å². The third kappa shape index (κ3) is 4.74. The number of hydrogen-bond acceptors (Lipinski definition) is 5. The first-order chi connectivity index (χ1) is 14.2. The fourth-order valence-electron chi connectivity index (χ4n) is 3.79. The zero-order chi connectivity index (χ0) is 20.1. The molecule has 0 radical (unpaired) electrons. The van der Waals surface area contributed by atoms with Crippen LogP contribution in [0.3, 0.4) is 0 Å². The topological polar surface area (TPSA) is 51.7 Å². The van der Waals surface area contributed by atoms with E-state index < -0.39 is 0 Å². The van der Waals surface area contributed by atoms with Gasteiger partial charge in [0.1, 0.15) is 23.9 Å². The lowest BCUT2D eigenvalue weighted by Gasteiger charge is -2.31. The van der Waals surface area contributed by atoms with Crippen molar-refractivity contribution >= 4 is 17.2 Å². The largest absolute Gasteiger partial charge is 0.497 e. The number of hydrogen-bond donors (Lipinski definition) is 0. The van der Waals surface area contributed by atoms with Crippen LogP contribution in [0.15, 0.2) is 54.7 Å². The Labute approximate surface area is 171 Å². The van der Waals surface area contributed by atoms with Gasteiger partial charge in [0.05, 0.1) is 12.6 Å². The Morgan fingerprint density at radius 3 is 2.52 bits per heavy atom. The van der Waals surface area contributed by atoms with Crippen molar-refractivity contribution in [2.45, 2.75) is 25.4 Å². The van der Waals surface area contributed by atoms with E-state index in [0.29, 0.717) is 6.42 Å². The highest BCUT2D eigenvalue weighted by Crippen LogP contribution is 2.27. The summed E-state index contributed by atoms with van der Waals surface area (Å²) in [6.07, 6.45) is 5.74. The number of benzene rings is 2. The molecule has 1 aliphatic heterocycles. The second kappa shape index (κ2) is 9.05. The number of pyridine rings is 1. The predicted molar refractivity (Wildman–Crippen MR) is 115 cm³/mol. The summed E-state index contributed by atoms with van der Waals surface area (Å²) in [7, 11) is 1.66. The first-order valence-electron chi connectivity index (χ1n) is 10.1. The van der Waals surface area contributed by atoms with E-state index in [1.165, 1.54) is 0 Å². The van der Waals surface area contributed by atoms with Crippen LogP contribution < -0.4 is 9.47 Å². The summed E-state index contributed by atoms with van der Waals surface area (Å²) in [5.74, 6) is 1.72. The minimum absolute atomic E-state index is 0.241. The molecule has 0 bridgehead atoms. The summed E-state index contributed by atoms with van der Waals surface area (Å²) in [4.78, 5) is 17.4. The van der Waals surface area contributed by atoms with Crippen molar-refractivity contribution in [1.29, 1.82) is 0 Å². The number of aromatic nitrogens is 1. The molecule has 0 amide bonds. The molecule has 5 heteroatoms. The van der Waals surface area contributed by atoms with Crippen LogP contribution in [0.5, 0.6) is 11.5 Å². The molecule has 2 heterocycles. The minimum atomic E-state index is 0.241. The van der Waals surface area contributed by atoms with Gasteiger partial charge in [-0.3, -0.25) is 4.98 Å². The molecule has 0 unspecified atom stereocenters. The minimum Gasteiger partial charge on any atom is -0.497 e.